The average Bonchev–Trinajstić information content (AvgIpc) is 2.68. The fourth-order valence-corrected chi connectivity index (χ4v) is 2.00. The first-order chi connectivity index (χ1) is 8.67. The molecule has 0 bridgehead atoms. The van der Waals surface area contributed by atoms with E-state index in [-0.39, 0.29) is 6.61 Å². The van der Waals surface area contributed by atoms with E-state index in [1.54, 1.807) is 7.11 Å². The van der Waals surface area contributed by atoms with Gasteiger partial charge in [-0.1, -0.05) is 12.1 Å². The molecule has 0 atom stereocenters. The molecule has 0 radical (unpaired) electrons. The Kier molecular flexibility index (Phi) is 3.67. The van der Waals surface area contributed by atoms with Crippen LogP contribution in [0.25, 0.3) is 11.3 Å². The van der Waals surface area contributed by atoms with Gasteiger partial charge in [0.15, 0.2) is 0 Å². The van der Waals surface area contributed by atoms with Crippen LogP contribution in [0.2, 0.25) is 0 Å². The molecule has 0 amide bonds. The Labute approximate surface area is 107 Å². The molecule has 1 aromatic carbocycles. The summed E-state index contributed by atoms with van der Waals surface area (Å²) in [5, 5.41) is 9.02. The maximum atomic E-state index is 9.02. The Balaban J connectivity index is 2.46. The van der Waals surface area contributed by atoms with Gasteiger partial charge in [-0.2, -0.15) is 0 Å². The Morgan fingerprint density at radius 1 is 1.39 bits per heavy atom. The van der Waals surface area contributed by atoms with Crippen molar-refractivity contribution in [2.75, 3.05) is 13.7 Å². The summed E-state index contributed by atoms with van der Waals surface area (Å²) in [5.41, 5.74) is 3.07. The third-order valence-corrected chi connectivity index (χ3v) is 3.15. The van der Waals surface area contributed by atoms with E-state index in [4.69, 9.17) is 9.84 Å². The number of benzene rings is 1. The first kappa shape index (κ1) is 12.6. The normalized spacial score (nSPS) is 10.7. The summed E-state index contributed by atoms with van der Waals surface area (Å²) >= 11 is 0. The predicted molar refractivity (Wildman–Crippen MR) is 70.7 cm³/mol. The molecule has 18 heavy (non-hydrogen) atoms. The van der Waals surface area contributed by atoms with E-state index in [0.29, 0.717) is 6.42 Å². The van der Waals surface area contributed by atoms with E-state index in [2.05, 4.69) is 4.98 Å². The molecule has 0 saturated heterocycles. The van der Waals surface area contributed by atoms with Crippen molar-refractivity contribution in [3.63, 3.8) is 0 Å². The van der Waals surface area contributed by atoms with Gasteiger partial charge in [0, 0.05) is 24.7 Å². The van der Waals surface area contributed by atoms with Crippen LogP contribution >= 0.6 is 0 Å². The molecule has 2 rings (SSSR count). The van der Waals surface area contributed by atoms with Gasteiger partial charge in [0.05, 0.1) is 19.4 Å². The van der Waals surface area contributed by atoms with Crippen LogP contribution in [0.4, 0.5) is 0 Å². The molecule has 0 aliphatic heterocycles. The number of aliphatic hydroxyl groups excluding tert-OH is 1. The highest BCUT2D eigenvalue weighted by molar-refractivity contribution is 5.64. The Morgan fingerprint density at radius 3 is 2.83 bits per heavy atom. The zero-order valence-electron chi connectivity index (χ0n) is 11.0. The van der Waals surface area contributed by atoms with Crippen LogP contribution in [-0.2, 0) is 13.5 Å². The summed E-state index contributed by atoms with van der Waals surface area (Å²) in [6.07, 6.45) is 0.571. The summed E-state index contributed by atoms with van der Waals surface area (Å²) in [4.78, 5) is 4.59. The third kappa shape index (κ3) is 2.24. The maximum absolute atomic E-state index is 9.02. The molecule has 0 unspecified atom stereocenters. The molecule has 1 N–H and O–H groups in total. The van der Waals surface area contributed by atoms with E-state index in [1.165, 1.54) is 0 Å². The van der Waals surface area contributed by atoms with Gasteiger partial charge >= 0.3 is 0 Å². The van der Waals surface area contributed by atoms with Gasteiger partial charge < -0.3 is 14.4 Å². The van der Waals surface area contributed by atoms with Crippen LogP contribution < -0.4 is 4.74 Å². The number of imidazole rings is 1. The first-order valence-corrected chi connectivity index (χ1v) is 5.95. The summed E-state index contributed by atoms with van der Waals surface area (Å²) in [6.45, 7) is 2.14. The van der Waals surface area contributed by atoms with Crippen molar-refractivity contribution in [2.45, 2.75) is 13.3 Å². The minimum Gasteiger partial charge on any atom is -0.497 e. The highest BCUT2D eigenvalue weighted by Crippen LogP contribution is 2.26. The largest absolute Gasteiger partial charge is 0.497 e. The monoisotopic (exact) mass is 246 g/mol. The third-order valence-electron chi connectivity index (χ3n) is 3.15. The highest BCUT2D eigenvalue weighted by Gasteiger charge is 2.12. The van der Waals surface area contributed by atoms with Crippen LogP contribution in [0.15, 0.2) is 24.3 Å². The van der Waals surface area contributed by atoms with E-state index < -0.39 is 0 Å². The predicted octanol–water partition coefficient (Wildman–Crippen LogP) is 1.94. The number of methoxy groups -OCH3 is 1. The van der Waals surface area contributed by atoms with Crippen LogP contribution in [0.1, 0.15) is 11.5 Å². The fraction of sp³-hybridized carbons (Fsp3) is 0.357. The lowest BCUT2D eigenvalue weighted by atomic mass is 10.1. The zero-order valence-corrected chi connectivity index (χ0v) is 11.0. The Morgan fingerprint density at radius 2 is 2.17 bits per heavy atom. The van der Waals surface area contributed by atoms with Crippen molar-refractivity contribution in [3.05, 3.63) is 35.8 Å². The summed E-state index contributed by atoms with van der Waals surface area (Å²) in [6, 6.07) is 7.85. The van der Waals surface area contributed by atoms with E-state index in [1.807, 2.05) is 42.8 Å². The molecular weight excluding hydrogens is 228 g/mol. The van der Waals surface area contributed by atoms with Gasteiger partial charge in [-0.3, -0.25) is 0 Å². The van der Waals surface area contributed by atoms with Gasteiger partial charge in [-0.25, -0.2) is 4.98 Å². The molecule has 96 valence electrons. The number of rotatable bonds is 4. The van der Waals surface area contributed by atoms with Crippen molar-refractivity contribution in [3.8, 4) is 17.0 Å². The van der Waals surface area contributed by atoms with E-state index in [9.17, 15) is 0 Å². The van der Waals surface area contributed by atoms with E-state index in [0.717, 1.165) is 28.5 Å². The van der Waals surface area contributed by atoms with E-state index >= 15 is 0 Å². The van der Waals surface area contributed by atoms with Crippen molar-refractivity contribution >= 4 is 0 Å². The van der Waals surface area contributed by atoms with Crippen LogP contribution in [0.3, 0.4) is 0 Å². The van der Waals surface area contributed by atoms with Crippen molar-refractivity contribution in [1.82, 2.24) is 9.55 Å². The number of aromatic nitrogens is 2. The fourth-order valence-electron chi connectivity index (χ4n) is 2.00. The lowest BCUT2D eigenvalue weighted by Gasteiger charge is -2.03. The smallest absolute Gasteiger partial charge is 0.119 e. The van der Waals surface area contributed by atoms with Crippen LogP contribution in [0.5, 0.6) is 5.75 Å². The van der Waals surface area contributed by atoms with Gasteiger partial charge in [0.1, 0.15) is 11.6 Å². The van der Waals surface area contributed by atoms with Crippen LogP contribution in [0, 0.1) is 6.92 Å². The van der Waals surface area contributed by atoms with Gasteiger partial charge in [0.25, 0.3) is 0 Å². The van der Waals surface area contributed by atoms with Gasteiger partial charge in [-0.15, -0.1) is 0 Å². The summed E-state index contributed by atoms with van der Waals surface area (Å²) < 4.78 is 7.25. The Bertz CT molecular complexity index is 547. The van der Waals surface area contributed by atoms with Crippen molar-refractivity contribution in [1.29, 1.82) is 0 Å². The molecule has 0 aliphatic carbocycles. The Hall–Kier alpha value is -1.81. The number of hydrogen-bond donors (Lipinski definition) is 1. The quantitative estimate of drug-likeness (QED) is 0.896. The average molecular weight is 246 g/mol. The first-order valence-electron chi connectivity index (χ1n) is 5.95. The number of ether oxygens (including phenoxy) is 1. The highest BCUT2D eigenvalue weighted by atomic mass is 16.5. The number of hydrogen-bond acceptors (Lipinski definition) is 3. The number of aliphatic hydroxyl groups is 1. The zero-order chi connectivity index (χ0) is 13.1. The lowest BCUT2D eigenvalue weighted by Crippen LogP contribution is -2.01. The second-order valence-electron chi connectivity index (χ2n) is 4.23. The molecule has 1 heterocycles. The SMILES string of the molecule is COc1cccc(-c2nc(CCO)n(C)c2C)c1. The topological polar surface area (TPSA) is 47.3 Å². The molecule has 4 nitrogen and oxygen atoms in total. The lowest BCUT2D eigenvalue weighted by molar-refractivity contribution is 0.295. The molecule has 0 spiro atoms. The molecular formula is C14H18N2O2. The second kappa shape index (κ2) is 5.23. The molecule has 4 heteroatoms. The molecule has 2 aromatic rings. The number of nitrogens with zero attached hydrogens (tertiary/aromatic N) is 2. The molecule has 0 aliphatic rings. The molecule has 1 aromatic heterocycles. The maximum Gasteiger partial charge on any atom is 0.119 e. The molecule has 0 fully saturated rings. The summed E-state index contributed by atoms with van der Waals surface area (Å²) in [7, 11) is 3.62. The standard InChI is InChI=1S/C14H18N2O2/c1-10-14(15-13(7-8-17)16(10)2)11-5-4-6-12(9-11)18-3/h4-6,9,17H,7-8H2,1-3H3. The van der Waals surface area contributed by atoms with Gasteiger partial charge in [0.2, 0.25) is 0 Å². The molecule has 0 saturated carbocycles. The van der Waals surface area contributed by atoms with Gasteiger partial charge in [-0.05, 0) is 19.1 Å². The van der Waals surface area contributed by atoms with Crippen molar-refractivity contribution < 1.29 is 9.84 Å². The minimum atomic E-state index is 0.113. The second-order valence-corrected chi connectivity index (χ2v) is 4.23. The minimum absolute atomic E-state index is 0.113. The summed E-state index contributed by atoms with van der Waals surface area (Å²) in [5.74, 6) is 1.72. The van der Waals surface area contributed by atoms with Crippen molar-refractivity contribution in [2.24, 2.45) is 7.05 Å². The van der Waals surface area contributed by atoms with Crippen LogP contribution in [-0.4, -0.2) is 28.4 Å².